The van der Waals surface area contributed by atoms with E-state index in [4.69, 9.17) is 0 Å². The van der Waals surface area contributed by atoms with Crippen molar-refractivity contribution in [3.8, 4) is 0 Å². The van der Waals surface area contributed by atoms with Crippen molar-refractivity contribution in [2.24, 2.45) is 0 Å². The summed E-state index contributed by atoms with van der Waals surface area (Å²) in [6.07, 6.45) is 1.55. The highest BCUT2D eigenvalue weighted by Crippen LogP contribution is 2.20. The lowest BCUT2D eigenvalue weighted by Gasteiger charge is -2.36. The van der Waals surface area contributed by atoms with E-state index in [1.165, 1.54) is 4.90 Å². The third-order valence-electron chi connectivity index (χ3n) is 5.62. The molecule has 202 valence electrons. The summed E-state index contributed by atoms with van der Waals surface area (Å²) >= 11 is 0. The zero-order valence-electron chi connectivity index (χ0n) is 19.8. The molecular weight excluding hydrogens is 492 g/mol. The lowest BCUT2D eigenvalue weighted by molar-refractivity contribution is -0.314. The number of aliphatic carboxylic acids is 5. The second-order valence-corrected chi connectivity index (χ2v) is 8.34. The molecule has 14 nitrogen and oxygen atoms in total. The Morgan fingerprint density at radius 3 is 1.59 bits per heavy atom. The summed E-state index contributed by atoms with van der Waals surface area (Å²) in [5.74, 6) is -7.73. The van der Waals surface area contributed by atoms with Crippen LogP contribution in [0.4, 0.5) is 0 Å². The van der Waals surface area contributed by atoms with Crippen LogP contribution in [0.15, 0.2) is 30.5 Å². The first-order valence-corrected chi connectivity index (χ1v) is 11.2. The Labute approximate surface area is 211 Å². The molecule has 14 heteroatoms. The molecule has 0 aliphatic carbocycles. The standard InChI is InChI=1S/C23H30N4O10/c28-19(29)11-25(12-20(30)31)5-7-27(8-6-26(13-21(32)33)14-22(34)35)18(23(36)37)9-15-10-24-17-4-2-1-3-16(15)17/h1-4,10,18,24H,5-9,11-14H2,(H,28,29)(H,30,31)(H,32,33)(H,34,35)(H,36,37)/p-5/t18-/m0/s1. The lowest BCUT2D eigenvalue weighted by Crippen LogP contribution is -2.55. The van der Waals surface area contributed by atoms with Crippen LogP contribution in [0.25, 0.3) is 10.9 Å². The predicted molar refractivity (Wildman–Crippen MR) is 115 cm³/mol. The molecule has 0 aliphatic heterocycles. The van der Waals surface area contributed by atoms with Crippen molar-refractivity contribution in [3.05, 3.63) is 36.0 Å². The van der Waals surface area contributed by atoms with E-state index in [9.17, 15) is 49.5 Å². The number of nitrogens with zero attached hydrogens (tertiary/aromatic N) is 3. The highest BCUT2D eigenvalue weighted by atomic mass is 16.4. The maximum absolute atomic E-state index is 12.2. The third kappa shape index (κ3) is 9.87. The largest absolute Gasteiger partial charge is 0.549 e. The Morgan fingerprint density at radius 1 is 0.703 bits per heavy atom. The van der Waals surface area contributed by atoms with Crippen molar-refractivity contribution >= 4 is 40.7 Å². The van der Waals surface area contributed by atoms with Gasteiger partial charge < -0.3 is 54.5 Å². The van der Waals surface area contributed by atoms with Gasteiger partial charge in [0.25, 0.3) is 0 Å². The van der Waals surface area contributed by atoms with E-state index < -0.39 is 62.1 Å². The van der Waals surface area contributed by atoms with Crippen molar-refractivity contribution in [2.45, 2.75) is 12.5 Å². The first-order valence-electron chi connectivity index (χ1n) is 11.2. The van der Waals surface area contributed by atoms with E-state index in [0.29, 0.717) is 5.56 Å². The maximum Gasteiger partial charge on any atom is 0.0590 e. The van der Waals surface area contributed by atoms with Gasteiger partial charge in [-0.25, -0.2) is 0 Å². The van der Waals surface area contributed by atoms with Crippen LogP contribution >= 0.6 is 0 Å². The van der Waals surface area contributed by atoms with Crippen molar-refractivity contribution in [3.63, 3.8) is 0 Å². The molecule has 0 bridgehead atoms. The Balaban J connectivity index is 2.30. The first-order chi connectivity index (χ1) is 17.5. The number of rotatable bonds is 18. The molecule has 37 heavy (non-hydrogen) atoms. The van der Waals surface area contributed by atoms with Crippen LogP contribution in [0.2, 0.25) is 0 Å². The summed E-state index contributed by atoms with van der Waals surface area (Å²) in [5, 5.41) is 57.0. The zero-order chi connectivity index (χ0) is 27.5. The van der Waals surface area contributed by atoms with Gasteiger partial charge in [-0.15, -0.1) is 0 Å². The Morgan fingerprint density at radius 2 is 1.16 bits per heavy atom. The number of fused-ring (bicyclic) bond motifs is 1. The Bertz CT molecular complexity index is 1050. The van der Waals surface area contributed by atoms with Crippen LogP contribution in [0, 0.1) is 0 Å². The van der Waals surface area contributed by atoms with Gasteiger partial charge in [0.1, 0.15) is 0 Å². The van der Waals surface area contributed by atoms with Gasteiger partial charge >= 0.3 is 0 Å². The van der Waals surface area contributed by atoms with Crippen LogP contribution in [0.3, 0.4) is 0 Å². The zero-order valence-corrected chi connectivity index (χ0v) is 19.8. The molecule has 0 spiro atoms. The van der Waals surface area contributed by atoms with E-state index >= 15 is 0 Å². The second kappa shape index (κ2) is 13.9. The van der Waals surface area contributed by atoms with Crippen LogP contribution in [0.5, 0.6) is 0 Å². The van der Waals surface area contributed by atoms with Gasteiger partial charge in [0.15, 0.2) is 0 Å². The fourth-order valence-electron chi connectivity index (χ4n) is 3.99. The molecule has 1 N–H and O–H groups in total. The minimum absolute atomic E-state index is 0.0751. The average molecular weight is 517 g/mol. The van der Waals surface area contributed by atoms with E-state index in [0.717, 1.165) is 20.7 Å². The highest BCUT2D eigenvalue weighted by molar-refractivity contribution is 5.84. The third-order valence-corrected chi connectivity index (χ3v) is 5.62. The topological polar surface area (TPSA) is 226 Å². The van der Waals surface area contributed by atoms with Gasteiger partial charge in [-0.2, -0.15) is 0 Å². The number of H-pyrrole nitrogens is 1. The molecule has 0 aliphatic rings. The quantitative estimate of drug-likeness (QED) is 0.194. The number of aromatic amines is 1. The summed E-state index contributed by atoms with van der Waals surface area (Å²) in [5.41, 5.74) is 1.38. The number of hydrogen-bond donors (Lipinski definition) is 1. The van der Waals surface area contributed by atoms with Crippen LogP contribution in [-0.2, 0) is 30.4 Å². The van der Waals surface area contributed by atoms with E-state index in [1.54, 1.807) is 30.5 Å². The Hall–Kier alpha value is -4.01. The number of carbonyl (C=O) groups excluding carboxylic acids is 5. The minimum atomic E-state index is -1.56. The lowest BCUT2D eigenvalue weighted by atomic mass is 10.0. The van der Waals surface area contributed by atoms with Crippen LogP contribution < -0.4 is 25.5 Å². The molecule has 1 atom stereocenters. The number of aromatic nitrogens is 1. The van der Waals surface area contributed by atoms with Gasteiger partial charge in [-0.3, -0.25) is 14.7 Å². The van der Waals surface area contributed by atoms with Gasteiger partial charge in [0.2, 0.25) is 0 Å². The summed E-state index contributed by atoms with van der Waals surface area (Å²) in [6.45, 7) is -3.90. The molecule has 0 amide bonds. The van der Waals surface area contributed by atoms with E-state index in [2.05, 4.69) is 4.98 Å². The summed E-state index contributed by atoms with van der Waals surface area (Å²) in [7, 11) is 0. The van der Waals surface area contributed by atoms with Crippen LogP contribution in [-0.4, -0.2) is 108 Å². The predicted octanol–water partition coefficient (Wildman–Crippen LogP) is -7.27. The fourth-order valence-corrected chi connectivity index (χ4v) is 3.99. The molecule has 0 saturated carbocycles. The van der Waals surface area contributed by atoms with E-state index in [-0.39, 0.29) is 32.6 Å². The fraction of sp³-hybridized carbons (Fsp3) is 0.435. The van der Waals surface area contributed by atoms with E-state index in [1.807, 2.05) is 0 Å². The molecule has 0 radical (unpaired) electrons. The number of carboxylic acid groups (broad SMARTS) is 5. The summed E-state index contributed by atoms with van der Waals surface area (Å²) < 4.78 is 0. The first kappa shape index (κ1) is 29.2. The highest BCUT2D eigenvalue weighted by Gasteiger charge is 2.23. The van der Waals surface area contributed by atoms with Gasteiger partial charge in [-0.05, 0) is 18.1 Å². The molecular formula is C23H25N4O10-5. The van der Waals surface area contributed by atoms with Gasteiger partial charge in [0.05, 0.1) is 35.9 Å². The van der Waals surface area contributed by atoms with Crippen molar-refractivity contribution in [1.82, 2.24) is 19.7 Å². The number of carboxylic acids is 5. The van der Waals surface area contributed by atoms with Crippen molar-refractivity contribution in [2.75, 3.05) is 52.4 Å². The molecule has 1 aromatic carbocycles. The maximum atomic E-state index is 12.2. The second-order valence-electron chi connectivity index (χ2n) is 8.34. The van der Waals surface area contributed by atoms with Crippen LogP contribution in [0.1, 0.15) is 5.56 Å². The smallest absolute Gasteiger partial charge is 0.0590 e. The molecule has 2 aromatic rings. The molecule has 1 aromatic heterocycles. The molecule has 0 saturated heterocycles. The number of nitrogens with one attached hydrogen (secondary N) is 1. The monoisotopic (exact) mass is 517 g/mol. The summed E-state index contributed by atoms with van der Waals surface area (Å²) in [6, 6.07) is 5.80. The van der Waals surface area contributed by atoms with Gasteiger partial charge in [0, 0.05) is 69.5 Å². The molecule has 1 heterocycles. The number of para-hydroxylation sites is 1. The number of hydrogen-bond acceptors (Lipinski definition) is 13. The Kier molecular flexibility index (Phi) is 11.0. The number of carbonyl (C=O) groups is 5. The normalized spacial score (nSPS) is 12.3. The SMILES string of the molecule is O=C([O-])CN(CCN(CCN(CC(=O)[O-])CC(=O)[O-])[C@@H](Cc1c[nH]c2ccccc12)C(=O)[O-])CC(=O)[O-]. The average Bonchev–Trinajstić information content (AvgIpc) is 3.19. The minimum Gasteiger partial charge on any atom is -0.549 e. The molecule has 0 unspecified atom stereocenters. The van der Waals surface area contributed by atoms with Gasteiger partial charge in [-0.1, -0.05) is 18.2 Å². The molecule has 0 fully saturated rings. The number of benzene rings is 1. The van der Waals surface area contributed by atoms with Crippen molar-refractivity contribution < 1.29 is 49.5 Å². The van der Waals surface area contributed by atoms with Crippen molar-refractivity contribution in [1.29, 1.82) is 0 Å². The molecule has 2 rings (SSSR count). The summed E-state index contributed by atoms with van der Waals surface area (Å²) in [4.78, 5) is 62.5.